The molecule has 24 heavy (non-hydrogen) atoms. The zero-order chi connectivity index (χ0) is 17.0. The predicted molar refractivity (Wildman–Crippen MR) is 96.5 cm³/mol. The van der Waals surface area contributed by atoms with Crippen molar-refractivity contribution >= 4 is 5.91 Å². The number of rotatable bonds is 4. The molecule has 0 bridgehead atoms. The quantitative estimate of drug-likeness (QED) is 0.850. The highest BCUT2D eigenvalue weighted by atomic mass is 16.2. The van der Waals surface area contributed by atoms with Gasteiger partial charge >= 0.3 is 0 Å². The number of piperidine rings is 1. The van der Waals surface area contributed by atoms with Crippen LogP contribution in [0.25, 0.3) is 0 Å². The first-order valence-electron chi connectivity index (χ1n) is 9.39. The van der Waals surface area contributed by atoms with Gasteiger partial charge in [0.25, 0.3) is 0 Å². The Kier molecular flexibility index (Phi) is 5.54. The molecule has 0 radical (unpaired) electrons. The Labute approximate surface area is 146 Å². The summed E-state index contributed by atoms with van der Waals surface area (Å²) in [5.41, 5.74) is 1.73. The number of hydrogen-bond donors (Lipinski definition) is 0. The van der Waals surface area contributed by atoms with Gasteiger partial charge in [-0.05, 0) is 75.1 Å². The van der Waals surface area contributed by atoms with E-state index in [9.17, 15) is 4.79 Å². The van der Waals surface area contributed by atoms with Crippen molar-refractivity contribution in [3.63, 3.8) is 0 Å². The third-order valence-electron chi connectivity index (χ3n) is 6.16. The zero-order valence-corrected chi connectivity index (χ0v) is 15.2. The molecule has 0 aromatic carbocycles. The summed E-state index contributed by atoms with van der Waals surface area (Å²) in [5, 5.41) is 0. The van der Waals surface area contributed by atoms with Crippen molar-refractivity contribution < 1.29 is 4.79 Å². The molecule has 1 aliphatic heterocycles. The van der Waals surface area contributed by atoms with Gasteiger partial charge in [-0.15, -0.1) is 0 Å². The number of carbonyl (C=O) groups excluding carboxylic acids is 1. The molecule has 0 atom stereocenters. The average Bonchev–Trinajstić information content (AvgIpc) is 2.60. The summed E-state index contributed by atoms with van der Waals surface area (Å²) >= 11 is 0. The molecule has 1 aliphatic carbocycles. The lowest BCUT2D eigenvalue weighted by molar-refractivity contribution is -0.130. The molecule has 1 saturated heterocycles. The maximum Gasteiger partial charge on any atom is 0.222 e. The van der Waals surface area contributed by atoms with E-state index < -0.39 is 0 Å². The van der Waals surface area contributed by atoms with Crippen LogP contribution in [0.5, 0.6) is 0 Å². The first kappa shape index (κ1) is 17.4. The Hall–Kier alpha value is -1.42. The molecular formula is C20H31N3O. The largest absolute Gasteiger partial charge is 0.349 e. The van der Waals surface area contributed by atoms with Crippen molar-refractivity contribution in [2.75, 3.05) is 27.2 Å². The smallest absolute Gasteiger partial charge is 0.222 e. The van der Waals surface area contributed by atoms with E-state index >= 15 is 0 Å². The first-order chi connectivity index (χ1) is 11.6. The lowest BCUT2D eigenvalue weighted by atomic mass is 9.65. The number of amides is 1. The standard InChI is InChI=1S/C20H31N3O/c1-22(2)19(24)15-17-6-8-20(9-7-17)10-13-23(14-11-20)16-18-5-3-4-12-21-18/h3-5,12,17H,6-11,13-16H2,1-2H3. The van der Waals surface area contributed by atoms with E-state index in [4.69, 9.17) is 0 Å². The second-order valence-corrected chi connectivity index (χ2v) is 8.03. The third-order valence-corrected chi connectivity index (χ3v) is 6.16. The second kappa shape index (κ2) is 7.64. The molecule has 0 N–H and O–H groups in total. The van der Waals surface area contributed by atoms with Crippen LogP contribution in [0.4, 0.5) is 0 Å². The fourth-order valence-electron chi connectivity index (χ4n) is 4.33. The highest BCUT2D eigenvalue weighted by molar-refractivity contribution is 5.75. The number of pyridine rings is 1. The van der Waals surface area contributed by atoms with Crippen molar-refractivity contribution in [1.29, 1.82) is 0 Å². The van der Waals surface area contributed by atoms with Crippen LogP contribution in [0.15, 0.2) is 24.4 Å². The molecule has 3 rings (SSSR count). The van der Waals surface area contributed by atoms with Crippen molar-refractivity contribution in [2.24, 2.45) is 11.3 Å². The summed E-state index contributed by atoms with van der Waals surface area (Å²) in [6, 6.07) is 6.18. The van der Waals surface area contributed by atoms with Crippen LogP contribution in [0.2, 0.25) is 0 Å². The summed E-state index contributed by atoms with van der Waals surface area (Å²) in [4.78, 5) is 20.6. The summed E-state index contributed by atoms with van der Waals surface area (Å²) in [5.74, 6) is 0.901. The minimum atomic E-state index is 0.293. The normalized spacial score (nSPS) is 21.8. The Morgan fingerprint density at radius 3 is 2.50 bits per heavy atom. The molecule has 2 aliphatic rings. The Balaban J connectivity index is 1.44. The fourth-order valence-corrected chi connectivity index (χ4v) is 4.33. The van der Waals surface area contributed by atoms with Crippen LogP contribution in [0.1, 0.15) is 50.6 Å². The predicted octanol–water partition coefficient (Wildman–Crippen LogP) is 3.33. The van der Waals surface area contributed by atoms with Gasteiger partial charge in [0, 0.05) is 33.3 Å². The number of nitrogens with zero attached hydrogens (tertiary/aromatic N) is 3. The fraction of sp³-hybridized carbons (Fsp3) is 0.700. The number of carbonyl (C=O) groups is 1. The zero-order valence-electron chi connectivity index (χ0n) is 15.2. The van der Waals surface area contributed by atoms with Gasteiger partial charge in [0.2, 0.25) is 5.91 Å². The van der Waals surface area contributed by atoms with Gasteiger partial charge in [0.15, 0.2) is 0 Å². The molecule has 1 saturated carbocycles. The molecule has 0 unspecified atom stereocenters. The molecule has 4 heteroatoms. The number of hydrogen-bond acceptors (Lipinski definition) is 3. The van der Waals surface area contributed by atoms with Gasteiger partial charge < -0.3 is 4.90 Å². The van der Waals surface area contributed by atoms with Gasteiger partial charge in [0.1, 0.15) is 0 Å². The van der Waals surface area contributed by atoms with E-state index in [2.05, 4.69) is 22.0 Å². The second-order valence-electron chi connectivity index (χ2n) is 8.03. The van der Waals surface area contributed by atoms with Crippen molar-refractivity contribution in [1.82, 2.24) is 14.8 Å². The minimum Gasteiger partial charge on any atom is -0.349 e. The lowest BCUT2D eigenvalue weighted by Gasteiger charge is -2.46. The SMILES string of the molecule is CN(C)C(=O)CC1CCC2(CC1)CCN(Cc1ccccn1)CC2. The van der Waals surface area contributed by atoms with Gasteiger partial charge in [-0.1, -0.05) is 6.07 Å². The van der Waals surface area contributed by atoms with Gasteiger partial charge in [-0.2, -0.15) is 0 Å². The maximum absolute atomic E-state index is 11.9. The summed E-state index contributed by atoms with van der Waals surface area (Å²) < 4.78 is 0. The molecule has 4 nitrogen and oxygen atoms in total. The molecule has 1 spiro atoms. The molecule has 2 heterocycles. The van der Waals surface area contributed by atoms with Gasteiger partial charge in [-0.3, -0.25) is 14.7 Å². The van der Waals surface area contributed by atoms with Crippen molar-refractivity contribution in [2.45, 2.75) is 51.5 Å². The molecule has 1 aromatic heterocycles. The summed E-state index contributed by atoms with van der Waals surface area (Å²) in [6.45, 7) is 3.37. The summed E-state index contributed by atoms with van der Waals surface area (Å²) in [6.07, 6.45) is 10.4. The van der Waals surface area contributed by atoms with Crippen LogP contribution >= 0.6 is 0 Å². The van der Waals surface area contributed by atoms with E-state index in [1.807, 2.05) is 26.4 Å². The summed E-state index contributed by atoms with van der Waals surface area (Å²) in [7, 11) is 3.73. The number of likely N-dealkylation sites (tertiary alicyclic amines) is 1. The van der Waals surface area contributed by atoms with E-state index in [1.54, 1.807) is 4.90 Å². The first-order valence-corrected chi connectivity index (χ1v) is 9.39. The Bertz CT molecular complexity index is 525. The highest BCUT2D eigenvalue weighted by Crippen LogP contribution is 2.47. The molecule has 1 aromatic rings. The van der Waals surface area contributed by atoms with Gasteiger partial charge in [-0.25, -0.2) is 0 Å². The monoisotopic (exact) mass is 329 g/mol. The molecule has 2 fully saturated rings. The maximum atomic E-state index is 11.9. The minimum absolute atomic E-state index is 0.293. The van der Waals surface area contributed by atoms with Crippen LogP contribution < -0.4 is 0 Å². The van der Waals surface area contributed by atoms with E-state index in [0.717, 1.165) is 13.0 Å². The lowest BCUT2D eigenvalue weighted by Crippen LogP contribution is -2.42. The number of aromatic nitrogens is 1. The van der Waals surface area contributed by atoms with E-state index in [1.165, 1.54) is 57.3 Å². The van der Waals surface area contributed by atoms with Crippen LogP contribution in [0.3, 0.4) is 0 Å². The average molecular weight is 329 g/mol. The van der Waals surface area contributed by atoms with E-state index in [-0.39, 0.29) is 0 Å². The van der Waals surface area contributed by atoms with Crippen LogP contribution in [-0.2, 0) is 11.3 Å². The van der Waals surface area contributed by atoms with Crippen molar-refractivity contribution in [3.8, 4) is 0 Å². The van der Waals surface area contributed by atoms with Crippen molar-refractivity contribution in [3.05, 3.63) is 30.1 Å². The third kappa shape index (κ3) is 4.35. The van der Waals surface area contributed by atoms with Crippen LogP contribution in [-0.4, -0.2) is 47.9 Å². The topological polar surface area (TPSA) is 36.4 Å². The molecular weight excluding hydrogens is 298 g/mol. The Morgan fingerprint density at radius 1 is 1.21 bits per heavy atom. The van der Waals surface area contributed by atoms with E-state index in [0.29, 0.717) is 17.2 Å². The molecule has 132 valence electrons. The molecule has 1 amide bonds. The Morgan fingerprint density at radius 2 is 1.92 bits per heavy atom. The van der Waals surface area contributed by atoms with Crippen LogP contribution in [0, 0.1) is 11.3 Å². The highest BCUT2D eigenvalue weighted by Gasteiger charge is 2.38. The van der Waals surface area contributed by atoms with Gasteiger partial charge in [0.05, 0.1) is 5.69 Å².